The number of halogens is 1. The highest BCUT2D eigenvalue weighted by atomic mass is 79.9. The van der Waals surface area contributed by atoms with Crippen LogP contribution in [0.4, 0.5) is 5.82 Å². The fraction of sp³-hybridized carbons (Fsp3) is 0.500. The normalized spacial score (nSPS) is 21.9. The fourth-order valence-corrected chi connectivity index (χ4v) is 2.83. The largest absolute Gasteiger partial charge is 0.367 e. The lowest BCUT2D eigenvalue weighted by atomic mass is 10.2. The van der Waals surface area contributed by atoms with Gasteiger partial charge in [-0.25, -0.2) is 4.98 Å². The first-order valence-corrected chi connectivity index (χ1v) is 6.75. The molecule has 1 aromatic rings. The van der Waals surface area contributed by atoms with Gasteiger partial charge in [0.1, 0.15) is 5.82 Å². The van der Waals surface area contributed by atoms with E-state index in [-0.39, 0.29) is 0 Å². The topological polar surface area (TPSA) is 24.9 Å². The molecule has 0 aromatic carbocycles. The number of nitrogens with zero attached hydrogens (tertiary/aromatic N) is 1. The molecule has 0 spiro atoms. The standard InChI is InChI=1S/C10H13BrN2S/c11-8-3-4-10(12-6-8)13-9-2-1-5-14-7-9/h3-4,6,9H,1-2,5,7H2,(H,12,13). The average Bonchev–Trinajstić information content (AvgIpc) is 2.23. The van der Waals surface area contributed by atoms with Crippen LogP contribution in [0.15, 0.2) is 22.8 Å². The molecular formula is C10H13BrN2S. The van der Waals surface area contributed by atoms with E-state index in [0.717, 1.165) is 10.3 Å². The van der Waals surface area contributed by atoms with Gasteiger partial charge >= 0.3 is 0 Å². The van der Waals surface area contributed by atoms with Crippen LogP contribution in [0.3, 0.4) is 0 Å². The van der Waals surface area contributed by atoms with Gasteiger partial charge in [0.25, 0.3) is 0 Å². The number of pyridine rings is 1. The van der Waals surface area contributed by atoms with Crippen molar-refractivity contribution in [3.8, 4) is 0 Å². The lowest BCUT2D eigenvalue weighted by Crippen LogP contribution is -2.26. The second-order valence-corrected chi connectivity index (χ2v) is 5.49. The maximum Gasteiger partial charge on any atom is 0.126 e. The number of anilines is 1. The monoisotopic (exact) mass is 272 g/mol. The Kier molecular flexibility index (Phi) is 3.70. The van der Waals surface area contributed by atoms with Gasteiger partial charge in [0.2, 0.25) is 0 Å². The minimum Gasteiger partial charge on any atom is -0.367 e. The van der Waals surface area contributed by atoms with E-state index in [9.17, 15) is 0 Å². The third-order valence-electron chi connectivity index (χ3n) is 2.24. The predicted octanol–water partition coefficient (Wildman–Crippen LogP) is 3.15. The molecule has 76 valence electrons. The van der Waals surface area contributed by atoms with Crippen molar-refractivity contribution < 1.29 is 0 Å². The van der Waals surface area contributed by atoms with Crippen molar-refractivity contribution in [2.24, 2.45) is 0 Å². The van der Waals surface area contributed by atoms with Crippen molar-refractivity contribution in [3.05, 3.63) is 22.8 Å². The van der Waals surface area contributed by atoms with Gasteiger partial charge in [0.15, 0.2) is 0 Å². The van der Waals surface area contributed by atoms with Crippen molar-refractivity contribution in [1.29, 1.82) is 0 Å². The molecule has 2 rings (SSSR count). The van der Waals surface area contributed by atoms with Gasteiger partial charge in [-0.15, -0.1) is 0 Å². The number of hydrogen-bond acceptors (Lipinski definition) is 3. The maximum atomic E-state index is 4.31. The summed E-state index contributed by atoms with van der Waals surface area (Å²) < 4.78 is 1.03. The zero-order valence-electron chi connectivity index (χ0n) is 7.87. The van der Waals surface area contributed by atoms with E-state index in [2.05, 4.69) is 26.2 Å². The molecule has 4 heteroatoms. The van der Waals surface area contributed by atoms with Crippen molar-refractivity contribution >= 4 is 33.5 Å². The van der Waals surface area contributed by atoms with Crippen LogP contribution in [-0.4, -0.2) is 22.5 Å². The van der Waals surface area contributed by atoms with E-state index in [1.165, 1.54) is 24.3 Å². The predicted molar refractivity (Wildman–Crippen MR) is 65.9 cm³/mol. The Hall–Kier alpha value is -0.220. The molecule has 1 saturated heterocycles. The molecule has 2 nitrogen and oxygen atoms in total. The Morgan fingerprint density at radius 2 is 2.43 bits per heavy atom. The first-order valence-electron chi connectivity index (χ1n) is 4.80. The van der Waals surface area contributed by atoms with Crippen molar-refractivity contribution in [1.82, 2.24) is 4.98 Å². The maximum absolute atomic E-state index is 4.31. The van der Waals surface area contributed by atoms with Gasteiger partial charge in [0, 0.05) is 22.5 Å². The summed E-state index contributed by atoms with van der Waals surface area (Å²) in [7, 11) is 0. The summed E-state index contributed by atoms with van der Waals surface area (Å²) in [6, 6.07) is 4.64. The second-order valence-electron chi connectivity index (χ2n) is 3.42. The summed E-state index contributed by atoms with van der Waals surface area (Å²) in [6.45, 7) is 0. The quantitative estimate of drug-likeness (QED) is 0.896. The SMILES string of the molecule is Brc1ccc(NC2CCCSC2)nc1. The highest BCUT2D eigenvalue weighted by Crippen LogP contribution is 2.20. The molecule has 0 radical (unpaired) electrons. The minimum absolute atomic E-state index is 0.599. The van der Waals surface area contributed by atoms with E-state index in [1.807, 2.05) is 30.1 Å². The van der Waals surface area contributed by atoms with Gasteiger partial charge in [-0.1, -0.05) is 0 Å². The zero-order chi connectivity index (χ0) is 9.80. The fourth-order valence-electron chi connectivity index (χ4n) is 1.52. The average molecular weight is 273 g/mol. The minimum atomic E-state index is 0.599. The van der Waals surface area contributed by atoms with Gasteiger partial charge < -0.3 is 5.32 Å². The van der Waals surface area contributed by atoms with Crippen molar-refractivity contribution in [3.63, 3.8) is 0 Å². The van der Waals surface area contributed by atoms with Gasteiger partial charge in [0.05, 0.1) is 0 Å². The number of rotatable bonds is 2. The molecule has 14 heavy (non-hydrogen) atoms. The Morgan fingerprint density at radius 3 is 3.07 bits per heavy atom. The van der Waals surface area contributed by atoms with Crippen LogP contribution in [0.1, 0.15) is 12.8 Å². The van der Waals surface area contributed by atoms with E-state index >= 15 is 0 Å². The van der Waals surface area contributed by atoms with E-state index in [0.29, 0.717) is 6.04 Å². The van der Waals surface area contributed by atoms with Crippen LogP contribution >= 0.6 is 27.7 Å². The third-order valence-corrected chi connectivity index (χ3v) is 3.92. The summed E-state index contributed by atoms with van der Waals surface area (Å²) >= 11 is 5.40. The molecule has 1 fully saturated rings. The molecule has 0 bridgehead atoms. The van der Waals surface area contributed by atoms with E-state index in [4.69, 9.17) is 0 Å². The Balaban J connectivity index is 1.92. The van der Waals surface area contributed by atoms with Crippen molar-refractivity contribution in [2.45, 2.75) is 18.9 Å². The van der Waals surface area contributed by atoms with E-state index in [1.54, 1.807) is 0 Å². The lowest BCUT2D eigenvalue weighted by Gasteiger charge is -2.22. The van der Waals surface area contributed by atoms with Gasteiger partial charge in [-0.05, 0) is 46.7 Å². The molecule has 1 unspecified atom stereocenters. The zero-order valence-corrected chi connectivity index (χ0v) is 10.3. The summed E-state index contributed by atoms with van der Waals surface area (Å²) in [5, 5.41) is 3.46. The highest BCUT2D eigenvalue weighted by Gasteiger charge is 2.13. The molecule has 0 aliphatic carbocycles. The molecular weight excluding hydrogens is 260 g/mol. The smallest absolute Gasteiger partial charge is 0.126 e. The van der Waals surface area contributed by atoms with Crippen LogP contribution in [0.5, 0.6) is 0 Å². The van der Waals surface area contributed by atoms with Crippen LogP contribution < -0.4 is 5.32 Å². The second kappa shape index (κ2) is 5.03. The van der Waals surface area contributed by atoms with Crippen molar-refractivity contribution in [2.75, 3.05) is 16.8 Å². The van der Waals surface area contributed by atoms with Gasteiger partial charge in [-0.2, -0.15) is 11.8 Å². The van der Waals surface area contributed by atoms with Crippen LogP contribution in [-0.2, 0) is 0 Å². The Bertz CT molecular complexity index is 283. The molecule has 1 aromatic heterocycles. The molecule has 1 aliphatic rings. The van der Waals surface area contributed by atoms with E-state index < -0.39 is 0 Å². The van der Waals surface area contributed by atoms with Crippen LogP contribution in [0, 0.1) is 0 Å². The number of thioether (sulfide) groups is 1. The van der Waals surface area contributed by atoms with Crippen LogP contribution in [0.25, 0.3) is 0 Å². The summed E-state index contributed by atoms with van der Waals surface area (Å²) in [4.78, 5) is 4.31. The highest BCUT2D eigenvalue weighted by molar-refractivity contribution is 9.10. The van der Waals surface area contributed by atoms with Crippen LogP contribution in [0.2, 0.25) is 0 Å². The molecule has 1 aliphatic heterocycles. The molecule has 1 atom stereocenters. The molecule has 1 N–H and O–H groups in total. The summed E-state index contributed by atoms with van der Waals surface area (Å²) in [5.41, 5.74) is 0. The Morgan fingerprint density at radius 1 is 1.50 bits per heavy atom. The number of nitrogens with one attached hydrogen (secondary N) is 1. The lowest BCUT2D eigenvalue weighted by molar-refractivity contribution is 0.682. The third kappa shape index (κ3) is 2.89. The van der Waals surface area contributed by atoms with Gasteiger partial charge in [-0.3, -0.25) is 0 Å². The molecule has 2 heterocycles. The first kappa shape index (κ1) is 10.3. The molecule has 0 amide bonds. The summed E-state index contributed by atoms with van der Waals surface area (Å²) in [6.07, 6.45) is 4.42. The molecule has 0 saturated carbocycles. The number of hydrogen-bond donors (Lipinski definition) is 1. The number of aromatic nitrogens is 1. The Labute approximate surface area is 97.0 Å². The first-order chi connectivity index (χ1) is 6.84. The summed E-state index contributed by atoms with van der Waals surface area (Å²) in [5.74, 6) is 3.50.